The lowest BCUT2D eigenvalue weighted by molar-refractivity contribution is -0.204. The summed E-state index contributed by atoms with van der Waals surface area (Å²) in [5.74, 6) is 0.169. The van der Waals surface area contributed by atoms with E-state index >= 15 is 0 Å². The summed E-state index contributed by atoms with van der Waals surface area (Å²) >= 11 is 0. The van der Waals surface area contributed by atoms with E-state index in [-0.39, 0.29) is 5.97 Å². The zero-order valence-corrected chi connectivity index (χ0v) is 14.5. The fraction of sp³-hybridized carbons (Fsp3) is 0.500. The van der Waals surface area contributed by atoms with E-state index in [9.17, 15) is 4.79 Å². The molecular weight excluding hydrogens is 304 g/mol. The minimum atomic E-state index is -0.477. The van der Waals surface area contributed by atoms with Crippen molar-refractivity contribution in [3.63, 3.8) is 0 Å². The molecule has 6 heteroatoms. The fourth-order valence-electron chi connectivity index (χ4n) is 2.67. The Labute approximate surface area is 142 Å². The van der Waals surface area contributed by atoms with Crippen molar-refractivity contribution in [1.29, 1.82) is 0 Å². The van der Waals surface area contributed by atoms with E-state index in [2.05, 4.69) is 10.3 Å². The van der Waals surface area contributed by atoms with Crippen molar-refractivity contribution in [3.8, 4) is 5.69 Å². The van der Waals surface area contributed by atoms with E-state index < -0.39 is 5.41 Å². The SMILES string of the molecule is CC(C)(C)C(=O)ON1CCC(c2cn(-c3ccccc3)nn2)CC1. The van der Waals surface area contributed by atoms with Crippen LogP contribution in [0.4, 0.5) is 0 Å². The molecule has 0 radical (unpaired) electrons. The van der Waals surface area contributed by atoms with Gasteiger partial charge in [0.1, 0.15) is 0 Å². The predicted octanol–water partition coefficient (Wildman–Crippen LogP) is 2.95. The van der Waals surface area contributed by atoms with Crippen molar-refractivity contribution in [3.05, 3.63) is 42.2 Å². The van der Waals surface area contributed by atoms with Crippen molar-refractivity contribution in [2.75, 3.05) is 13.1 Å². The molecule has 0 unspecified atom stereocenters. The molecule has 1 aromatic heterocycles. The Kier molecular flexibility index (Phi) is 4.66. The monoisotopic (exact) mass is 328 g/mol. The Morgan fingerprint density at radius 3 is 2.46 bits per heavy atom. The first-order valence-corrected chi connectivity index (χ1v) is 8.38. The number of carbonyl (C=O) groups is 1. The number of carbonyl (C=O) groups excluding carboxylic acids is 1. The van der Waals surface area contributed by atoms with Gasteiger partial charge in [-0.2, -0.15) is 0 Å². The topological polar surface area (TPSA) is 60.2 Å². The Morgan fingerprint density at radius 2 is 1.83 bits per heavy atom. The highest BCUT2D eigenvalue weighted by molar-refractivity contribution is 5.75. The van der Waals surface area contributed by atoms with Crippen LogP contribution in [-0.4, -0.2) is 39.1 Å². The summed E-state index contributed by atoms with van der Waals surface area (Å²) in [6, 6.07) is 9.97. The van der Waals surface area contributed by atoms with Gasteiger partial charge in [-0.05, 0) is 45.7 Å². The molecule has 0 saturated carbocycles. The number of aromatic nitrogens is 3. The van der Waals surface area contributed by atoms with E-state index in [1.54, 1.807) is 9.75 Å². The molecule has 0 aliphatic carbocycles. The Balaban J connectivity index is 1.58. The zero-order valence-electron chi connectivity index (χ0n) is 14.5. The maximum atomic E-state index is 12.0. The first-order chi connectivity index (χ1) is 11.4. The van der Waals surface area contributed by atoms with Crippen molar-refractivity contribution < 1.29 is 9.63 Å². The van der Waals surface area contributed by atoms with Gasteiger partial charge in [0.2, 0.25) is 0 Å². The second kappa shape index (κ2) is 6.73. The summed E-state index contributed by atoms with van der Waals surface area (Å²) in [6.45, 7) is 7.05. The van der Waals surface area contributed by atoms with Crippen LogP contribution in [0, 0.1) is 5.41 Å². The second-order valence-corrected chi connectivity index (χ2v) is 7.26. The lowest BCUT2D eigenvalue weighted by Gasteiger charge is -2.31. The summed E-state index contributed by atoms with van der Waals surface area (Å²) in [5.41, 5.74) is 1.53. The molecule has 128 valence electrons. The molecule has 2 aromatic rings. The lowest BCUT2D eigenvalue weighted by atomic mass is 9.95. The van der Waals surface area contributed by atoms with Crippen molar-refractivity contribution in [2.45, 2.75) is 39.5 Å². The maximum Gasteiger partial charge on any atom is 0.330 e. The molecule has 6 nitrogen and oxygen atoms in total. The summed E-state index contributed by atoms with van der Waals surface area (Å²) < 4.78 is 1.81. The normalized spacial score (nSPS) is 17.0. The molecule has 1 fully saturated rings. The number of piperidine rings is 1. The van der Waals surface area contributed by atoms with Crippen molar-refractivity contribution in [1.82, 2.24) is 20.1 Å². The van der Waals surface area contributed by atoms with Gasteiger partial charge in [0.05, 0.1) is 23.0 Å². The average molecular weight is 328 g/mol. The molecule has 0 N–H and O–H groups in total. The minimum Gasteiger partial charge on any atom is -0.367 e. The van der Waals surface area contributed by atoms with E-state index in [1.807, 2.05) is 57.3 Å². The zero-order chi connectivity index (χ0) is 17.2. The minimum absolute atomic E-state index is 0.184. The summed E-state index contributed by atoms with van der Waals surface area (Å²) in [5, 5.41) is 10.3. The lowest BCUT2D eigenvalue weighted by Crippen LogP contribution is -2.38. The highest BCUT2D eigenvalue weighted by Crippen LogP contribution is 2.28. The van der Waals surface area contributed by atoms with Crippen LogP contribution in [0.15, 0.2) is 36.5 Å². The number of benzene rings is 1. The quantitative estimate of drug-likeness (QED) is 0.867. The standard InChI is InChI=1S/C18H24N4O2/c1-18(2,3)17(23)24-21-11-9-14(10-12-21)16-13-22(20-19-16)15-7-5-4-6-8-15/h4-8,13-14H,9-12H2,1-3H3. The molecule has 2 heterocycles. The Morgan fingerprint density at radius 1 is 1.17 bits per heavy atom. The number of hydrogen-bond acceptors (Lipinski definition) is 5. The number of hydrogen-bond donors (Lipinski definition) is 0. The number of hydroxylamine groups is 2. The van der Waals surface area contributed by atoms with Gasteiger partial charge in [0.25, 0.3) is 0 Å². The van der Waals surface area contributed by atoms with Crippen LogP contribution in [0.3, 0.4) is 0 Å². The highest BCUT2D eigenvalue weighted by Gasteiger charge is 2.29. The first kappa shape index (κ1) is 16.6. The van der Waals surface area contributed by atoms with Gasteiger partial charge in [-0.1, -0.05) is 23.4 Å². The summed E-state index contributed by atoms with van der Waals surface area (Å²) in [7, 11) is 0. The van der Waals surface area contributed by atoms with Crippen LogP contribution < -0.4 is 0 Å². The number of rotatable bonds is 3. The summed E-state index contributed by atoms with van der Waals surface area (Å²) in [4.78, 5) is 17.4. The maximum absolute atomic E-state index is 12.0. The molecule has 1 aliphatic heterocycles. The van der Waals surface area contributed by atoms with Crippen LogP contribution in [0.2, 0.25) is 0 Å². The van der Waals surface area contributed by atoms with Crippen LogP contribution in [0.5, 0.6) is 0 Å². The molecule has 3 rings (SSSR count). The number of nitrogens with zero attached hydrogens (tertiary/aromatic N) is 4. The van der Waals surface area contributed by atoms with E-state index in [0.29, 0.717) is 5.92 Å². The van der Waals surface area contributed by atoms with Crippen molar-refractivity contribution >= 4 is 5.97 Å². The highest BCUT2D eigenvalue weighted by atomic mass is 16.7. The van der Waals surface area contributed by atoms with E-state index in [0.717, 1.165) is 37.3 Å². The van der Waals surface area contributed by atoms with Crippen molar-refractivity contribution in [2.24, 2.45) is 5.41 Å². The second-order valence-electron chi connectivity index (χ2n) is 7.26. The van der Waals surface area contributed by atoms with Gasteiger partial charge in [-0.15, -0.1) is 10.2 Å². The molecule has 0 atom stereocenters. The van der Waals surface area contributed by atoms with Gasteiger partial charge in [-0.3, -0.25) is 0 Å². The smallest absolute Gasteiger partial charge is 0.330 e. The average Bonchev–Trinajstić information content (AvgIpc) is 3.05. The molecule has 1 aromatic carbocycles. The van der Waals surface area contributed by atoms with Gasteiger partial charge in [0, 0.05) is 19.0 Å². The molecule has 1 aliphatic rings. The van der Waals surface area contributed by atoms with E-state index in [1.165, 1.54) is 0 Å². The first-order valence-electron chi connectivity index (χ1n) is 8.38. The van der Waals surface area contributed by atoms with Gasteiger partial charge >= 0.3 is 5.97 Å². The molecule has 1 saturated heterocycles. The Bertz CT molecular complexity index is 683. The molecule has 0 amide bonds. The predicted molar refractivity (Wildman–Crippen MR) is 90.5 cm³/mol. The third-order valence-electron chi connectivity index (χ3n) is 4.23. The van der Waals surface area contributed by atoms with Gasteiger partial charge in [0.15, 0.2) is 0 Å². The molecule has 24 heavy (non-hydrogen) atoms. The molecule has 0 spiro atoms. The molecular formula is C18H24N4O2. The van der Waals surface area contributed by atoms with Crippen LogP contribution >= 0.6 is 0 Å². The fourth-order valence-corrected chi connectivity index (χ4v) is 2.67. The van der Waals surface area contributed by atoms with Crippen LogP contribution in [0.1, 0.15) is 45.2 Å². The largest absolute Gasteiger partial charge is 0.367 e. The third-order valence-corrected chi connectivity index (χ3v) is 4.23. The summed E-state index contributed by atoms with van der Waals surface area (Å²) in [6.07, 6.45) is 3.81. The van der Waals surface area contributed by atoms with Crippen LogP contribution in [0.25, 0.3) is 5.69 Å². The third kappa shape index (κ3) is 3.82. The van der Waals surface area contributed by atoms with Crippen LogP contribution in [-0.2, 0) is 9.63 Å². The Hall–Kier alpha value is -2.21. The van der Waals surface area contributed by atoms with E-state index in [4.69, 9.17) is 4.84 Å². The molecule has 0 bridgehead atoms. The van der Waals surface area contributed by atoms with Gasteiger partial charge < -0.3 is 4.84 Å². The number of para-hydroxylation sites is 1. The van der Waals surface area contributed by atoms with Gasteiger partial charge in [-0.25, -0.2) is 9.48 Å².